The van der Waals surface area contributed by atoms with Crippen molar-refractivity contribution >= 4 is 50.5 Å². The fraction of sp³-hybridized carbons (Fsp3) is 0.0200. The quantitative estimate of drug-likeness (QED) is 0.125. The molecule has 0 unspecified atom stereocenters. The summed E-state index contributed by atoms with van der Waals surface area (Å²) in [4.78, 5) is 4.05. The van der Waals surface area contributed by atoms with Gasteiger partial charge in [-0.2, -0.15) is 0 Å². The van der Waals surface area contributed by atoms with E-state index in [4.69, 9.17) is 6.57 Å². The lowest BCUT2D eigenvalue weighted by Gasteiger charge is -2.35. The lowest BCUT2D eigenvalue weighted by molar-refractivity contribution is 0.592. The predicted molar refractivity (Wildman–Crippen MR) is 224 cm³/mol. The zero-order valence-electron chi connectivity index (χ0n) is 29.3. The molecule has 1 heterocycles. The number of hydrogen-bond donors (Lipinski definition) is 0. The SMILES string of the molecule is [C-]#[N+]c1cc(C2(c3ccc4c(c3)c3ccccc3n4-c3ccccc3)c3ccccc3-c3ccccc32)cc(P(=O)(c2ccccc2)c2ccccc2)c1. The molecule has 8 aromatic carbocycles. The van der Waals surface area contributed by atoms with Crippen molar-refractivity contribution in [1.29, 1.82) is 0 Å². The van der Waals surface area contributed by atoms with Crippen LogP contribution in [0.1, 0.15) is 22.3 Å². The molecule has 0 radical (unpaired) electrons. The fourth-order valence-electron chi connectivity index (χ4n) is 8.87. The summed E-state index contributed by atoms with van der Waals surface area (Å²) >= 11 is 0. The highest BCUT2D eigenvalue weighted by atomic mass is 31.2. The van der Waals surface area contributed by atoms with Crippen molar-refractivity contribution in [2.75, 3.05) is 0 Å². The minimum absolute atomic E-state index is 0.456. The van der Waals surface area contributed by atoms with Gasteiger partial charge in [0.05, 0.1) is 23.0 Å². The van der Waals surface area contributed by atoms with E-state index < -0.39 is 12.6 Å². The Morgan fingerprint density at radius 1 is 0.463 bits per heavy atom. The van der Waals surface area contributed by atoms with Crippen LogP contribution < -0.4 is 15.9 Å². The Hall–Kier alpha value is -6.72. The second kappa shape index (κ2) is 12.5. The number of rotatable bonds is 6. The topological polar surface area (TPSA) is 26.4 Å². The molecule has 1 aliphatic carbocycles. The second-order valence-electron chi connectivity index (χ2n) is 13.9. The zero-order chi connectivity index (χ0) is 36.3. The molecule has 0 amide bonds. The third-order valence-electron chi connectivity index (χ3n) is 11.1. The van der Waals surface area contributed by atoms with E-state index in [2.05, 4.69) is 131 Å². The predicted octanol–water partition coefficient (Wildman–Crippen LogP) is 11.3. The van der Waals surface area contributed by atoms with Gasteiger partial charge in [-0.15, -0.1) is 0 Å². The monoisotopic (exact) mass is 708 g/mol. The molecule has 10 rings (SSSR count). The first-order chi connectivity index (χ1) is 26.6. The summed E-state index contributed by atoms with van der Waals surface area (Å²) in [5.41, 5.74) is 9.60. The third-order valence-corrected chi connectivity index (χ3v) is 14.2. The van der Waals surface area contributed by atoms with Crippen molar-refractivity contribution < 1.29 is 4.57 Å². The van der Waals surface area contributed by atoms with Gasteiger partial charge in [0.25, 0.3) is 0 Å². The van der Waals surface area contributed by atoms with Gasteiger partial charge in [-0.25, -0.2) is 4.85 Å². The van der Waals surface area contributed by atoms with Gasteiger partial charge in [-0.1, -0.05) is 158 Å². The maximum absolute atomic E-state index is 15.9. The molecule has 9 aromatic rings. The number of fused-ring (bicyclic) bond motifs is 6. The van der Waals surface area contributed by atoms with Gasteiger partial charge in [-0.05, 0) is 75.8 Å². The molecule has 1 aliphatic rings. The summed E-state index contributed by atoms with van der Waals surface area (Å²) in [5, 5.41) is 4.43. The highest BCUT2D eigenvalue weighted by Gasteiger charge is 2.47. The lowest BCUT2D eigenvalue weighted by atomic mass is 9.67. The normalized spacial score (nSPS) is 13.0. The molecule has 3 nitrogen and oxygen atoms in total. The summed E-state index contributed by atoms with van der Waals surface area (Å²) in [7, 11) is -3.42. The number of nitrogens with zero attached hydrogens (tertiary/aromatic N) is 2. The Labute approximate surface area is 314 Å². The lowest BCUT2D eigenvalue weighted by Crippen LogP contribution is -2.31. The molecular weight excluding hydrogens is 676 g/mol. The first-order valence-corrected chi connectivity index (χ1v) is 19.9. The molecule has 0 spiro atoms. The molecular formula is C50H33N2OP. The molecule has 254 valence electrons. The second-order valence-corrected chi connectivity index (χ2v) is 16.7. The summed E-state index contributed by atoms with van der Waals surface area (Å²) in [5.74, 6) is 0. The van der Waals surface area contributed by atoms with Crippen molar-refractivity contribution in [3.8, 4) is 16.8 Å². The first kappa shape index (κ1) is 32.0. The van der Waals surface area contributed by atoms with E-state index in [0.717, 1.165) is 66.1 Å². The molecule has 0 saturated carbocycles. The van der Waals surface area contributed by atoms with Crippen LogP contribution in [-0.2, 0) is 9.98 Å². The Morgan fingerprint density at radius 2 is 1.00 bits per heavy atom. The van der Waals surface area contributed by atoms with Gasteiger partial charge < -0.3 is 9.13 Å². The van der Waals surface area contributed by atoms with Crippen LogP contribution in [0.4, 0.5) is 5.69 Å². The molecule has 4 heteroatoms. The van der Waals surface area contributed by atoms with E-state index in [-0.39, 0.29) is 0 Å². The first-order valence-electron chi connectivity index (χ1n) is 18.2. The number of benzene rings is 8. The van der Waals surface area contributed by atoms with Gasteiger partial charge >= 0.3 is 0 Å². The van der Waals surface area contributed by atoms with Crippen molar-refractivity contribution in [1.82, 2.24) is 4.57 Å². The van der Waals surface area contributed by atoms with Crippen LogP contribution in [0.3, 0.4) is 0 Å². The largest absolute Gasteiger partial charge is 0.309 e. The van der Waals surface area contributed by atoms with Crippen molar-refractivity contribution in [2.24, 2.45) is 0 Å². The third kappa shape index (κ3) is 4.58. The van der Waals surface area contributed by atoms with E-state index in [9.17, 15) is 0 Å². The Kier molecular flexibility index (Phi) is 7.37. The van der Waals surface area contributed by atoms with Crippen LogP contribution in [0.15, 0.2) is 200 Å². The maximum Gasteiger partial charge on any atom is 0.188 e. The van der Waals surface area contributed by atoms with Gasteiger partial charge in [0.1, 0.15) is 0 Å². The average Bonchev–Trinajstić information content (AvgIpc) is 3.75. The summed E-state index contributed by atoms with van der Waals surface area (Å²) in [6, 6.07) is 68.7. The highest BCUT2D eigenvalue weighted by Crippen LogP contribution is 2.57. The summed E-state index contributed by atoms with van der Waals surface area (Å²) in [6.07, 6.45) is 0. The van der Waals surface area contributed by atoms with Crippen LogP contribution in [0.25, 0.3) is 43.5 Å². The van der Waals surface area contributed by atoms with Gasteiger partial charge in [0.15, 0.2) is 12.8 Å². The van der Waals surface area contributed by atoms with Crippen LogP contribution in [0, 0.1) is 6.57 Å². The molecule has 0 bridgehead atoms. The summed E-state index contributed by atoms with van der Waals surface area (Å²) in [6.45, 7) is 8.39. The van der Waals surface area contributed by atoms with Gasteiger partial charge in [0, 0.05) is 32.4 Å². The van der Waals surface area contributed by atoms with Crippen molar-refractivity contribution in [3.05, 3.63) is 234 Å². The molecule has 0 aliphatic heterocycles. The minimum atomic E-state index is -3.42. The number of aromatic nitrogens is 1. The van der Waals surface area contributed by atoms with Gasteiger partial charge in [0.2, 0.25) is 0 Å². The summed E-state index contributed by atoms with van der Waals surface area (Å²) < 4.78 is 18.3. The average molecular weight is 709 g/mol. The van der Waals surface area contributed by atoms with Crippen LogP contribution in [0.2, 0.25) is 0 Å². The molecule has 0 saturated heterocycles. The zero-order valence-corrected chi connectivity index (χ0v) is 30.2. The van der Waals surface area contributed by atoms with Crippen LogP contribution >= 0.6 is 7.14 Å². The Morgan fingerprint density at radius 3 is 1.63 bits per heavy atom. The van der Waals surface area contributed by atoms with E-state index >= 15 is 4.57 Å². The smallest absolute Gasteiger partial charge is 0.188 e. The fourth-order valence-corrected chi connectivity index (χ4v) is 11.6. The molecule has 0 fully saturated rings. The standard InChI is InChI=1S/C50H33N2OP/c1-51-37-31-36(32-41(34-37)54(53,39-19-7-3-8-20-39)40-21-9-4-10-22-40)50(46-26-14-11-23-42(46)43-24-12-15-27-47(43)50)35-29-30-49-45(33-35)44-25-13-16-28-48(44)52(49)38-17-5-2-6-18-38/h2-34H. The minimum Gasteiger partial charge on any atom is -0.309 e. The maximum atomic E-state index is 15.9. The van der Waals surface area contributed by atoms with E-state index in [1.54, 1.807) is 0 Å². The Bertz CT molecular complexity index is 2890. The van der Waals surface area contributed by atoms with Crippen molar-refractivity contribution in [3.63, 3.8) is 0 Å². The van der Waals surface area contributed by atoms with Crippen LogP contribution in [-0.4, -0.2) is 4.57 Å². The number of hydrogen-bond acceptors (Lipinski definition) is 1. The highest BCUT2D eigenvalue weighted by molar-refractivity contribution is 7.85. The molecule has 54 heavy (non-hydrogen) atoms. The van der Waals surface area contributed by atoms with Crippen LogP contribution in [0.5, 0.6) is 0 Å². The molecule has 0 N–H and O–H groups in total. The van der Waals surface area contributed by atoms with Crippen molar-refractivity contribution in [2.45, 2.75) is 5.41 Å². The molecule has 0 atom stereocenters. The molecule has 1 aromatic heterocycles. The number of para-hydroxylation sites is 2. The Balaban J connectivity index is 1.33. The van der Waals surface area contributed by atoms with Gasteiger partial charge in [-0.3, -0.25) is 0 Å². The van der Waals surface area contributed by atoms with E-state index in [1.807, 2.05) is 78.9 Å². The van der Waals surface area contributed by atoms with E-state index in [0.29, 0.717) is 11.0 Å². The van der Waals surface area contributed by atoms with E-state index in [1.165, 1.54) is 5.39 Å².